The van der Waals surface area contributed by atoms with E-state index >= 15 is 0 Å². The Bertz CT molecular complexity index is 886. The summed E-state index contributed by atoms with van der Waals surface area (Å²) >= 11 is 0. The van der Waals surface area contributed by atoms with Crippen molar-refractivity contribution in [3.63, 3.8) is 0 Å². The number of amides is 1. The highest BCUT2D eigenvalue weighted by atomic mass is 19.1. The quantitative estimate of drug-likeness (QED) is 0.638. The molecule has 0 saturated carbocycles. The lowest BCUT2D eigenvalue weighted by atomic mass is 9.72. The summed E-state index contributed by atoms with van der Waals surface area (Å²) in [6, 6.07) is 5.62. The zero-order valence-corrected chi connectivity index (χ0v) is 15.7. The van der Waals surface area contributed by atoms with Gasteiger partial charge in [0.05, 0.1) is 6.10 Å². The van der Waals surface area contributed by atoms with Crippen LogP contribution in [0.15, 0.2) is 36.7 Å². The molecule has 2 aromatic rings. The number of carbonyl (C=O) groups excluding carboxylic acids is 1. The van der Waals surface area contributed by atoms with Crippen molar-refractivity contribution < 1.29 is 34.1 Å². The van der Waals surface area contributed by atoms with Gasteiger partial charge in [-0.1, -0.05) is 12.1 Å². The predicted molar refractivity (Wildman–Crippen MR) is 98.6 cm³/mol. The molecule has 156 valence electrons. The van der Waals surface area contributed by atoms with Gasteiger partial charge < -0.3 is 24.8 Å². The lowest BCUT2D eigenvalue weighted by Gasteiger charge is -2.43. The molecule has 1 aliphatic heterocycles. The van der Waals surface area contributed by atoms with Gasteiger partial charge in [0.2, 0.25) is 0 Å². The SMILES string of the molecule is Cn1ccnc1C(=O)N1CC[C@@H](O)[C@](Cc2cccc(F)c2)(C(=O)O)C1.O=CO. The smallest absolute Gasteiger partial charge is 0.314 e. The molecule has 1 aliphatic rings. The van der Waals surface area contributed by atoms with E-state index < -0.39 is 29.2 Å². The molecule has 3 N–H and O–H groups in total. The number of aromatic nitrogens is 2. The van der Waals surface area contributed by atoms with Gasteiger partial charge in [0, 0.05) is 32.5 Å². The standard InChI is InChI=1S/C18H20FN3O4.CH2O2/c1-21-8-6-20-15(21)16(24)22-7-5-14(23)18(11-22,17(25)26)10-12-3-2-4-13(19)9-12;2-1-3/h2-4,6,8-9,14,23H,5,7,10-11H2,1H3,(H,25,26);1H,(H,2,3)/t14-,18-;/m1./s1. The Morgan fingerprint density at radius 3 is 2.66 bits per heavy atom. The van der Waals surface area contributed by atoms with E-state index in [0.29, 0.717) is 5.56 Å². The highest BCUT2D eigenvalue weighted by molar-refractivity contribution is 5.91. The molecule has 0 aliphatic carbocycles. The van der Waals surface area contributed by atoms with E-state index in [9.17, 15) is 24.2 Å². The number of imidazole rings is 1. The molecule has 0 radical (unpaired) electrons. The van der Waals surface area contributed by atoms with Gasteiger partial charge in [-0.25, -0.2) is 9.37 Å². The van der Waals surface area contributed by atoms with Gasteiger partial charge in [-0.15, -0.1) is 0 Å². The maximum atomic E-state index is 13.5. The summed E-state index contributed by atoms with van der Waals surface area (Å²) in [5.74, 6) is -1.89. The Balaban J connectivity index is 0.000000941. The van der Waals surface area contributed by atoms with E-state index in [-0.39, 0.29) is 38.2 Å². The number of halogens is 1. The van der Waals surface area contributed by atoms with Crippen LogP contribution < -0.4 is 0 Å². The molecule has 0 unspecified atom stereocenters. The van der Waals surface area contributed by atoms with E-state index in [4.69, 9.17) is 9.90 Å². The van der Waals surface area contributed by atoms with Crippen LogP contribution in [0.5, 0.6) is 0 Å². The van der Waals surface area contributed by atoms with Crippen LogP contribution in [-0.2, 0) is 23.1 Å². The number of aliphatic hydroxyl groups is 1. The third-order valence-electron chi connectivity index (χ3n) is 4.92. The van der Waals surface area contributed by atoms with E-state index in [0.717, 1.165) is 0 Å². The second-order valence-corrected chi connectivity index (χ2v) is 6.77. The van der Waals surface area contributed by atoms with Crippen LogP contribution >= 0.6 is 0 Å². The average Bonchev–Trinajstić information content (AvgIpc) is 3.09. The van der Waals surface area contributed by atoms with Crippen LogP contribution in [0.1, 0.15) is 22.6 Å². The molecule has 1 aromatic heterocycles. The van der Waals surface area contributed by atoms with Crippen LogP contribution in [0.4, 0.5) is 4.39 Å². The van der Waals surface area contributed by atoms with E-state index in [1.807, 2.05) is 0 Å². The number of rotatable bonds is 4. The first-order valence-electron chi connectivity index (χ1n) is 8.75. The van der Waals surface area contributed by atoms with Gasteiger partial charge >= 0.3 is 5.97 Å². The zero-order chi connectivity index (χ0) is 21.6. The van der Waals surface area contributed by atoms with E-state index in [2.05, 4.69) is 4.98 Å². The fourth-order valence-electron chi connectivity index (χ4n) is 3.44. The molecule has 10 heteroatoms. The third kappa shape index (κ3) is 4.77. The molecular formula is C19H22FN3O6. The first kappa shape index (κ1) is 22.0. The van der Waals surface area contributed by atoms with Gasteiger partial charge in [-0.3, -0.25) is 14.4 Å². The minimum Gasteiger partial charge on any atom is -0.483 e. The Kier molecular flexibility index (Phi) is 7.05. The minimum atomic E-state index is -1.60. The highest BCUT2D eigenvalue weighted by Gasteiger charge is 2.50. The molecule has 2 atom stereocenters. The normalized spacial score (nSPS) is 21.1. The predicted octanol–water partition coefficient (Wildman–Crippen LogP) is 0.781. The number of nitrogens with zero attached hydrogens (tertiary/aromatic N) is 3. The fourth-order valence-corrected chi connectivity index (χ4v) is 3.44. The number of aliphatic carboxylic acids is 1. The van der Waals surface area contributed by atoms with Gasteiger partial charge in [-0.05, 0) is 30.5 Å². The summed E-state index contributed by atoms with van der Waals surface area (Å²) in [5, 5.41) is 27.2. The molecule has 1 aromatic carbocycles. The molecule has 1 amide bonds. The number of aliphatic hydroxyl groups excluding tert-OH is 1. The number of likely N-dealkylation sites (tertiary alicyclic amines) is 1. The van der Waals surface area contributed by atoms with Crippen molar-refractivity contribution in [3.05, 3.63) is 53.9 Å². The summed E-state index contributed by atoms with van der Waals surface area (Å²) in [5.41, 5.74) is -1.15. The first-order chi connectivity index (χ1) is 13.7. The molecule has 2 heterocycles. The largest absolute Gasteiger partial charge is 0.483 e. The number of aryl methyl sites for hydroxylation is 1. The minimum absolute atomic E-state index is 0.0778. The Labute approximate surface area is 166 Å². The number of hydrogen-bond acceptors (Lipinski definition) is 5. The molecule has 1 fully saturated rings. The number of carbonyl (C=O) groups is 3. The van der Waals surface area contributed by atoms with Crippen LogP contribution in [0.25, 0.3) is 0 Å². The number of carboxylic acid groups (broad SMARTS) is 2. The van der Waals surface area contributed by atoms with Gasteiger partial charge in [0.1, 0.15) is 11.2 Å². The van der Waals surface area contributed by atoms with Crippen LogP contribution in [0.2, 0.25) is 0 Å². The van der Waals surface area contributed by atoms with Crippen molar-refractivity contribution in [2.75, 3.05) is 13.1 Å². The molecule has 0 bridgehead atoms. The Hall–Kier alpha value is -3.27. The summed E-state index contributed by atoms with van der Waals surface area (Å²) in [7, 11) is 1.68. The number of benzene rings is 1. The summed E-state index contributed by atoms with van der Waals surface area (Å²) in [6.07, 6.45) is 2.02. The zero-order valence-electron chi connectivity index (χ0n) is 15.7. The maximum Gasteiger partial charge on any atom is 0.314 e. The molecule has 1 saturated heterocycles. The van der Waals surface area contributed by atoms with Gasteiger partial charge in [0.25, 0.3) is 12.4 Å². The second kappa shape index (κ2) is 9.28. The maximum absolute atomic E-state index is 13.5. The highest BCUT2D eigenvalue weighted by Crippen LogP contribution is 2.35. The molecule has 9 nitrogen and oxygen atoms in total. The van der Waals surface area contributed by atoms with Crippen molar-refractivity contribution in [1.82, 2.24) is 14.5 Å². The monoisotopic (exact) mass is 407 g/mol. The number of hydrogen-bond donors (Lipinski definition) is 3. The summed E-state index contributed by atoms with van der Waals surface area (Å²) in [4.78, 5) is 38.6. The second-order valence-electron chi connectivity index (χ2n) is 6.77. The Morgan fingerprint density at radius 1 is 1.41 bits per heavy atom. The lowest BCUT2D eigenvalue weighted by Crippen LogP contribution is -2.58. The van der Waals surface area contributed by atoms with Crippen molar-refractivity contribution in [2.45, 2.75) is 18.9 Å². The van der Waals surface area contributed by atoms with Crippen molar-refractivity contribution >= 4 is 18.3 Å². The van der Waals surface area contributed by atoms with Crippen molar-refractivity contribution in [1.29, 1.82) is 0 Å². The molecular weight excluding hydrogens is 385 g/mol. The molecule has 29 heavy (non-hydrogen) atoms. The number of piperidine rings is 1. The third-order valence-corrected chi connectivity index (χ3v) is 4.92. The number of carboxylic acids is 1. The molecule has 3 rings (SSSR count). The van der Waals surface area contributed by atoms with Crippen LogP contribution in [0.3, 0.4) is 0 Å². The fraction of sp³-hybridized carbons (Fsp3) is 0.368. The Morgan fingerprint density at radius 2 is 2.10 bits per heavy atom. The van der Waals surface area contributed by atoms with E-state index in [1.165, 1.54) is 29.3 Å². The first-order valence-corrected chi connectivity index (χ1v) is 8.75. The van der Waals surface area contributed by atoms with Gasteiger partial charge in [0.15, 0.2) is 5.82 Å². The lowest BCUT2D eigenvalue weighted by molar-refractivity contribution is -0.161. The van der Waals surface area contributed by atoms with Crippen LogP contribution in [-0.4, -0.2) is 67.3 Å². The average molecular weight is 407 g/mol. The van der Waals surface area contributed by atoms with Crippen molar-refractivity contribution in [3.8, 4) is 0 Å². The summed E-state index contributed by atoms with van der Waals surface area (Å²) < 4.78 is 15.1. The van der Waals surface area contributed by atoms with Gasteiger partial charge in [-0.2, -0.15) is 0 Å². The van der Waals surface area contributed by atoms with Crippen LogP contribution in [0, 0.1) is 11.2 Å². The molecule has 0 spiro atoms. The van der Waals surface area contributed by atoms with E-state index in [1.54, 1.807) is 23.9 Å². The summed E-state index contributed by atoms with van der Waals surface area (Å²) in [6.45, 7) is -0.198. The topological polar surface area (TPSA) is 133 Å². The van der Waals surface area contributed by atoms with Crippen molar-refractivity contribution in [2.24, 2.45) is 12.5 Å².